The average molecular weight is 199 g/mol. The molecule has 5 heteroatoms. The zero-order valence-electron chi connectivity index (χ0n) is 6.74. The Hall–Kier alpha value is -1.29. The molecule has 1 aromatic carbocycles. The fourth-order valence-electron chi connectivity index (χ4n) is 1.01. The van der Waals surface area contributed by atoms with E-state index in [1.54, 1.807) is 18.2 Å². The molecule has 0 bridgehead atoms. The Balaban J connectivity index is 2.26. The van der Waals surface area contributed by atoms with Crippen molar-refractivity contribution in [1.82, 2.24) is 10.3 Å². The van der Waals surface area contributed by atoms with Crippen molar-refractivity contribution in [2.75, 3.05) is 12.5 Å². The lowest BCUT2D eigenvalue weighted by Gasteiger charge is -2.01. The summed E-state index contributed by atoms with van der Waals surface area (Å²) >= 11 is 5.48. The van der Waals surface area contributed by atoms with Crippen LogP contribution >= 0.6 is 11.6 Å². The number of rotatable bonds is 3. The van der Waals surface area contributed by atoms with E-state index in [-0.39, 0.29) is 0 Å². The van der Waals surface area contributed by atoms with Gasteiger partial charge in [0.15, 0.2) is 0 Å². The van der Waals surface area contributed by atoms with Crippen LogP contribution in [0.2, 0.25) is 0 Å². The summed E-state index contributed by atoms with van der Waals surface area (Å²) in [5, 5.41) is 7.36. The predicted octanol–water partition coefficient (Wildman–Crippen LogP) is 1.84. The Morgan fingerprint density at radius 1 is 1.31 bits per heavy atom. The number of hydrogen-bond acceptors (Lipinski definition) is 4. The topological polar surface area (TPSA) is 48.2 Å². The van der Waals surface area contributed by atoms with Crippen molar-refractivity contribution in [3.63, 3.8) is 0 Å². The molecule has 0 aliphatic carbocycles. The number of benzene rings is 1. The minimum Gasteiger partial charge on any atom is -0.492 e. The molecule has 2 aromatic rings. The highest BCUT2D eigenvalue weighted by Gasteiger charge is 2.01. The molecular formula is C8H7ClN2O2. The molecule has 0 spiro atoms. The van der Waals surface area contributed by atoms with Crippen LogP contribution < -0.4 is 4.74 Å². The van der Waals surface area contributed by atoms with E-state index in [1.165, 1.54) is 0 Å². The largest absolute Gasteiger partial charge is 0.492 e. The van der Waals surface area contributed by atoms with Crippen molar-refractivity contribution in [2.45, 2.75) is 0 Å². The van der Waals surface area contributed by atoms with Gasteiger partial charge in [-0.2, -0.15) is 0 Å². The number of nitrogens with zero attached hydrogens (tertiary/aromatic N) is 2. The van der Waals surface area contributed by atoms with E-state index in [0.717, 1.165) is 11.3 Å². The van der Waals surface area contributed by atoms with Crippen molar-refractivity contribution in [1.29, 1.82) is 0 Å². The van der Waals surface area contributed by atoms with Crippen LogP contribution in [0.1, 0.15) is 0 Å². The van der Waals surface area contributed by atoms with Crippen molar-refractivity contribution < 1.29 is 9.37 Å². The smallest absolute Gasteiger partial charge is 0.138 e. The summed E-state index contributed by atoms with van der Waals surface area (Å²) in [5.41, 5.74) is 1.41. The van der Waals surface area contributed by atoms with Gasteiger partial charge >= 0.3 is 0 Å². The molecule has 4 nitrogen and oxygen atoms in total. The third-order valence-corrected chi connectivity index (χ3v) is 1.73. The van der Waals surface area contributed by atoms with Crippen LogP contribution in [0.15, 0.2) is 22.8 Å². The van der Waals surface area contributed by atoms with E-state index >= 15 is 0 Å². The van der Waals surface area contributed by atoms with Crippen LogP contribution in [0.25, 0.3) is 11.0 Å². The molecule has 1 heterocycles. The quantitative estimate of drug-likeness (QED) is 0.707. The Kier molecular flexibility index (Phi) is 2.31. The molecule has 0 saturated carbocycles. The zero-order valence-corrected chi connectivity index (χ0v) is 7.49. The van der Waals surface area contributed by atoms with Gasteiger partial charge in [0.25, 0.3) is 0 Å². The number of fused-ring (bicyclic) bond motifs is 1. The van der Waals surface area contributed by atoms with E-state index in [0.29, 0.717) is 18.0 Å². The standard InChI is InChI=1S/C8H7ClN2O2/c9-3-4-12-6-1-2-7-8(5-6)11-13-10-7/h1-2,5H,3-4H2. The molecule has 0 N–H and O–H groups in total. The maximum atomic E-state index is 5.48. The Morgan fingerprint density at radius 3 is 3.00 bits per heavy atom. The predicted molar refractivity (Wildman–Crippen MR) is 48.0 cm³/mol. The Morgan fingerprint density at radius 2 is 2.15 bits per heavy atom. The maximum absolute atomic E-state index is 5.48. The average Bonchev–Trinajstić information content (AvgIpc) is 2.61. The number of halogens is 1. The van der Waals surface area contributed by atoms with E-state index in [1.807, 2.05) is 0 Å². The van der Waals surface area contributed by atoms with Gasteiger partial charge < -0.3 is 4.74 Å². The summed E-state index contributed by atoms with van der Waals surface area (Å²) in [6, 6.07) is 5.35. The molecular weight excluding hydrogens is 192 g/mol. The van der Waals surface area contributed by atoms with Gasteiger partial charge in [0.1, 0.15) is 23.4 Å². The van der Waals surface area contributed by atoms with E-state index in [9.17, 15) is 0 Å². The molecule has 0 aliphatic rings. The summed E-state index contributed by atoms with van der Waals surface area (Å²) < 4.78 is 9.83. The summed E-state index contributed by atoms with van der Waals surface area (Å²) in [5.74, 6) is 1.19. The molecule has 0 saturated heterocycles. The van der Waals surface area contributed by atoms with Crippen LogP contribution in [-0.2, 0) is 0 Å². The van der Waals surface area contributed by atoms with Gasteiger partial charge in [0.2, 0.25) is 0 Å². The first-order valence-corrected chi connectivity index (χ1v) is 4.34. The fourth-order valence-corrected chi connectivity index (χ4v) is 1.09. The summed E-state index contributed by atoms with van der Waals surface area (Å²) in [4.78, 5) is 0. The van der Waals surface area contributed by atoms with Gasteiger partial charge in [0.05, 0.1) is 5.88 Å². The highest BCUT2D eigenvalue weighted by Crippen LogP contribution is 2.17. The van der Waals surface area contributed by atoms with E-state index in [2.05, 4.69) is 14.9 Å². The third-order valence-electron chi connectivity index (χ3n) is 1.57. The lowest BCUT2D eigenvalue weighted by atomic mass is 10.3. The van der Waals surface area contributed by atoms with Crippen LogP contribution in [0.5, 0.6) is 5.75 Å². The normalized spacial score (nSPS) is 10.5. The second kappa shape index (κ2) is 3.62. The SMILES string of the molecule is ClCCOc1ccc2nonc2c1. The van der Waals surface area contributed by atoms with Crippen LogP contribution in [0.4, 0.5) is 0 Å². The Bertz CT molecular complexity index is 402. The van der Waals surface area contributed by atoms with Crippen LogP contribution in [0, 0.1) is 0 Å². The summed E-state index contributed by atoms with van der Waals surface area (Å²) in [6.45, 7) is 0.484. The second-order valence-corrected chi connectivity index (χ2v) is 2.83. The van der Waals surface area contributed by atoms with Gasteiger partial charge in [0, 0.05) is 6.07 Å². The van der Waals surface area contributed by atoms with Crippen LogP contribution in [-0.4, -0.2) is 22.8 Å². The first-order valence-electron chi connectivity index (χ1n) is 3.81. The van der Waals surface area contributed by atoms with E-state index in [4.69, 9.17) is 16.3 Å². The molecule has 13 heavy (non-hydrogen) atoms. The molecule has 1 aromatic heterocycles. The van der Waals surface area contributed by atoms with Gasteiger partial charge in [-0.1, -0.05) is 0 Å². The highest BCUT2D eigenvalue weighted by atomic mass is 35.5. The number of alkyl halides is 1. The van der Waals surface area contributed by atoms with Gasteiger partial charge in [-0.25, -0.2) is 4.63 Å². The first-order chi connectivity index (χ1) is 6.40. The van der Waals surface area contributed by atoms with Crippen molar-refractivity contribution in [3.8, 4) is 5.75 Å². The molecule has 0 aliphatic heterocycles. The molecule has 0 atom stereocenters. The lowest BCUT2D eigenvalue weighted by molar-refractivity contribution is 0.315. The summed E-state index contributed by atoms with van der Waals surface area (Å²) in [6.07, 6.45) is 0. The molecule has 2 rings (SSSR count). The third kappa shape index (κ3) is 1.72. The number of hydrogen-bond donors (Lipinski definition) is 0. The fraction of sp³-hybridized carbons (Fsp3) is 0.250. The molecule has 0 unspecified atom stereocenters. The highest BCUT2D eigenvalue weighted by molar-refractivity contribution is 6.18. The first kappa shape index (κ1) is 8.31. The maximum Gasteiger partial charge on any atom is 0.138 e. The van der Waals surface area contributed by atoms with Crippen molar-refractivity contribution >= 4 is 22.6 Å². The molecule has 0 amide bonds. The summed E-state index contributed by atoms with van der Waals surface area (Å²) in [7, 11) is 0. The van der Waals surface area contributed by atoms with E-state index < -0.39 is 0 Å². The van der Waals surface area contributed by atoms with Gasteiger partial charge in [-0.15, -0.1) is 11.6 Å². The van der Waals surface area contributed by atoms with Crippen LogP contribution in [0.3, 0.4) is 0 Å². The van der Waals surface area contributed by atoms with Gasteiger partial charge in [-0.05, 0) is 22.4 Å². The minimum absolute atomic E-state index is 0.467. The zero-order chi connectivity index (χ0) is 9.10. The molecule has 68 valence electrons. The van der Waals surface area contributed by atoms with Crippen molar-refractivity contribution in [2.24, 2.45) is 0 Å². The molecule has 0 fully saturated rings. The number of aromatic nitrogens is 2. The monoisotopic (exact) mass is 198 g/mol. The minimum atomic E-state index is 0.467. The molecule has 0 radical (unpaired) electrons. The lowest BCUT2D eigenvalue weighted by Crippen LogP contribution is -1.97. The Labute approximate surface area is 79.4 Å². The van der Waals surface area contributed by atoms with Crippen molar-refractivity contribution in [3.05, 3.63) is 18.2 Å². The number of ether oxygens (including phenoxy) is 1. The second-order valence-electron chi connectivity index (χ2n) is 2.45. The van der Waals surface area contributed by atoms with Gasteiger partial charge in [-0.3, -0.25) is 0 Å².